The fourth-order valence-corrected chi connectivity index (χ4v) is 11.9. The predicted octanol–water partition coefficient (Wildman–Crippen LogP) is 3.14. The van der Waals surface area contributed by atoms with Crippen LogP contribution in [0.5, 0.6) is 0 Å². The number of benzene rings is 4. The lowest BCUT2D eigenvalue weighted by Gasteiger charge is -2.19. The number of halogens is 2. The number of carbonyl (C=O) groups excluding carboxylic acids is 2. The number of aliphatic hydroxyl groups is 1. The van der Waals surface area contributed by atoms with Gasteiger partial charge in [0.2, 0.25) is 5.91 Å². The first kappa shape index (κ1) is 42.5. The highest BCUT2D eigenvalue weighted by molar-refractivity contribution is 8.04. The molecule has 4 aromatic carbocycles. The van der Waals surface area contributed by atoms with E-state index in [0.717, 1.165) is 69.0 Å². The summed E-state index contributed by atoms with van der Waals surface area (Å²) in [7, 11) is -15.8. The van der Waals surface area contributed by atoms with Crippen LogP contribution in [0.2, 0.25) is 0 Å². The first-order valence-electron chi connectivity index (χ1n) is 16.6. The highest BCUT2D eigenvalue weighted by Crippen LogP contribution is 2.29. The van der Waals surface area contributed by atoms with E-state index in [1.807, 2.05) is 6.92 Å². The summed E-state index contributed by atoms with van der Waals surface area (Å²) in [6.07, 6.45) is -0.0925. The summed E-state index contributed by atoms with van der Waals surface area (Å²) in [4.78, 5) is 25.6. The van der Waals surface area contributed by atoms with Gasteiger partial charge in [-0.3, -0.25) is 9.59 Å². The van der Waals surface area contributed by atoms with Crippen molar-refractivity contribution in [2.75, 3.05) is 37.0 Å². The summed E-state index contributed by atoms with van der Waals surface area (Å²) >= 11 is 0. The van der Waals surface area contributed by atoms with Crippen molar-refractivity contribution in [1.29, 1.82) is 0 Å². The summed E-state index contributed by atoms with van der Waals surface area (Å²) in [6, 6.07) is 18.2. The zero-order chi connectivity index (χ0) is 41.4. The molecule has 0 unspecified atom stereocenters. The quantitative estimate of drug-likeness (QED) is 0.246. The maximum Gasteiger partial charge on any atom is 0.256 e. The molecular weight excluding hydrogens is 819 g/mol. The standard InChI is InChI=1S/C18H19FN2O5S2.C17H17FN2O6S2/c1-13-11-12-21(18(13)22)15-5-9-17(10-6-15)28(25,26)20(2)27(23,24)16-7-3-14(19)4-8-16;1-19(27(23,24)14-6-2-12(18)3-7-14)28(25,26)15-8-4-13(5-9-15)20-11-10-16(21)17(20)22/h3-10,13H,11-12H2,1-2H3;2-9,16,21H,10-11H2,1H3/t13-;16-/m01/s1. The van der Waals surface area contributed by atoms with Gasteiger partial charge in [0.15, 0.2) is 0 Å². The Morgan fingerprint density at radius 1 is 0.518 bits per heavy atom. The number of amides is 2. The van der Waals surface area contributed by atoms with Crippen LogP contribution >= 0.6 is 0 Å². The van der Waals surface area contributed by atoms with Crippen LogP contribution in [0.25, 0.3) is 0 Å². The highest BCUT2D eigenvalue weighted by atomic mass is 32.3. The minimum atomic E-state index is -4.42. The third kappa shape index (κ3) is 8.38. The lowest BCUT2D eigenvalue weighted by molar-refractivity contribution is -0.124. The van der Waals surface area contributed by atoms with Crippen molar-refractivity contribution in [3.05, 3.63) is 109 Å². The van der Waals surface area contributed by atoms with E-state index in [-0.39, 0.29) is 45.2 Å². The maximum absolute atomic E-state index is 13.0. The largest absolute Gasteiger partial charge is 0.383 e. The third-order valence-corrected chi connectivity index (χ3v) is 17.7. The molecule has 6 rings (SSSR count). The second kappa shape index (κ2) is 16.1. The lowest BCUT2D eigenvalue weighted by atomic mass is 10.1. The zero-order valence-electron chi connectivity index (χ0n) is 29.9. The number of nitrogens with zero attached hydrogens (tertiary/aromatic N) is 4. The van der Waals surface area contributed by atoms with E-state index in [0.29, 0.717) is 24.5 Å². The van der Waals surface area contributed by atoms with Crippen molar-refractivity contribution in [2.45, 2.75) is 45.5 Å². The normalized spacial score (nSPS) is 18.1. The molecule has 2 atom stereocenters. The Balaban J connectivity index is 0.000000214. The van der Waals surface area contributed by atoms with Crippen molar-refractivity contribution in [3.63, 3.8) is 0 Å². The molecule has 300 valence electrons. The molecule has 2 fully saturated rings. The second-order valence-electron chi connectivity index (χ2n) is 12.6. The minimum absolute atomic E-state index is 0.0355. The van der Waals surface area contributed by atoms with Gasteiger partial charge in [0, 0.05) is 50.9 Å². The summed E-state index contributed by atoms with van der Waals surface area (Å²) in [5.74, 6) is -1.89. The first-order chi connectivity index (χ1) is 26.1. The van der Waals surface area contributed by atoms with Gasteiger partial charge in [-0.15, -0.1) is 0 Å². The molecule has 2 heterocycles. The SMILES string of the molecule is CN(S(=O)(=O)c1ccc(F)cc1)S(=O)(=O)c1ccc(N2CC[C@@H](O)C2=O)cc1.C[C@H]1CCN(c2ccc(S(=O)(=O)N(C)S(=O)(=O)c3ccc(F)cc3)cc2)C1=O. The molecule has 2 aliphatic rings. The Morgan fingerprint density at radius 2 is 0.804 bits per heavy atom. The van der Waals surface area contributed by atoms with E-state index < -0.39 is 63.7 Å². The summed E-state index contributed by atoms with van der Waals surface area (Å²) in [5.41, 5.74) is 0.946. The van der Waals surface area contributed by atoms with E-state index in [1.54, 1.807) is 4.90 Å². The van der Waals surface area contributed by atoms with Gasteiger partial charge in [-0.25, -0.2) is 42.5 Å². The van der Waals surface area contributed by atoms with Crippen LogP contribution in [0.1, 0.15) is 19.8 Å². The van der Waals surface area contributed by atoms with Crippen molar-refractivity contribution in [2.24, 2.45) is 5.92 Å². The Bertz CT molecular complexity index is 2380. The molecular formula is C35H36F2N4O11S4. The van der Waals surface area contributed by atoms with Crippen LogP contribution in [-0.4, -0.2) is 91.3 Å². The molecule has 0 radical (unpaired) electrons. The van der Waals surface area contributed by atoms with Crippen LogP contribution in [0.4, 0.5) is 20.2 Å². The van der Waals surface area contributed by atoms with Crippen LogP contribution in [0.15, 0.2) is 117 Å². The van der Waals surface area contributed by atoms with E-state index in [4.69, 9.17) is 0 Å². The van der Waals surface area contributed by atoms with Crippen molar-refractivity contribution < 1.29 is 57.1 Å². The number of hydrogen-bond donors (Lipinski definition) is 1. The number of rotatable bonds is 10. The average Bonchev–Trinajstić information content (AvgIpc) is 3.69. The number of carbonyl (C=O) groups is 2. The van der Waals surface area contributed by atoms with Gasteiger partial charge in [0.1, 0.15) is 17.7 Å². The van der Waals surface area contributed by atoms with E-state index >= 15 is 0 Å². The van der Waals surface area contributed by atoms with Crippen LogP contribution < -0.4 is 9.80 Å². The van der Waals surface area contributed by atoms with E-state index in [9.17, 15) is 57.1 Å². The summed E-state index contributed by atoms with van der Waals surface area (Å²) < 4.78 is 128. The van der Waals surface area contributed by atoms with Crippen molar-refractivity contribution >= 4 is 63.3 Å². The Morgan fingerprint density at radius 3 is 1.07 bits per heavy atom. The Hall–Kier alpha value is -4.64. The van der Waals surface area contributed by atoms with Gasteiger partial charge in [-0.05, 0) is 103 Å². The van der Waals surface area contributed by atoms with Crippen LogP contribution in [0, 0.1) is 17.6 Å². The smallest absolute Gasteiger partial charge is 0.256 e. The van der Waals surface area contributed by atoms with E-state index in [2.05, 4.69) is 0 Å². The van der Waals surface area contributed by atoms with Crippen molar-refractivity contribution in [3.8, 4) is 0 Å². The molecule has 2 saturated heterocycles. The molecule has 4 aromatic rings. The molecule has 0 spiro atoms. The monoisotopic (exact) mass is 854 g/mol. The van der Waals surface area contributed by atoms with Gasteiger partial charge in [-0.2, -0.15) is 0 Å². The molecule has 0 saturated carbocycles. The molecule has 0 aliphatic carbocycles. The third-order valence-electron chi connectivity index (χ3n) is 9.12. The topological polar surface area (TPSA) is 204 Å². The van der Waals surface area contributed by atoms with Gasteiger partial charge >= 0.3 is 0 Å². The molecule has 21 heteroatoms. The predicted molar refractivity (Wildman–Crippen MR) is 199 cm³/mol. The lowest BCUT2D eigenvalue weighted by Crippen LogP contribution is -2.33. The molecule has 0 aromatic heterocycles. The molecule has 56 heavy (non-hydrogen) atoms. The van der Waals surface area contributed by atoms with Crippen LogP contribution in [-0.2, 0) is 49.7 Å². The molecule has 2 aliphatic heterocycles. The maximum atomic E-state index is 13.0. The number of sulfonamides is 4. The number of aliphatic hydroxyl groups excluding tert-OH is 1. The van der Waals surface area contributed by atoms with Gasteiger partial charge in [0.25, 0.3) is 46.0 Å². The van der Waals surface area contributed by atoms with E-state index in [1.165, 1.54) is 53.4 Å². The Kier molecular flexibility index (Phi) is 12.2. The fraction of sp³-hybridized carbons (Fsp3) is 0.257. The molecule has 2 amide bonds. The summed E-state index contributed by atoms with van der Waals surface area (Å²) in [6.45, 7) is 2.67. The second-order valence-corrected chi connectivity index (χ2v) is 21.0. The minimum Gasteiger partial charge on any atom is -0.383 e. The molecule has 15 nitrogen and oxygen atoms in total. The highest BCUT2D eigenvalue weighted by Gasteiger charge is 2.36. The fourth-order valence-electron chi connectivity index (χ4n) is 5.66. The van der Waals surface area contributed by atoms with Gasteiger partial charge < -0.3 is 14.9 Å². The van der Waals surface area contributed by atoms with Crippen molar-refractivity contribution in [1.82, 2.24) is 7.42 Å². The first-order valence-corrected chi connectivity index (χ1v) is 22.4. The zero-order valence-corrected chi connectivity index (χ0v) is 33.2. The van der Waals surface area contributed by atoms with Gasteiger partial charge in [0.05, 0.1) is 19.6 Å². The average molecular weight is 855 g/mol. The Labute approximate surface area is 323 Å². The summed E-state index contributed by atoms with van der Waals surface area (Å²) in [5, 5.41) is 9.52. The number of anilines is 2. The van der Waals surface area contributed by atoms with Crippen LogP contribution in [0.3, 0.4) is 0 Å². The molecule has 1 N–H and O–H groups in total. The molecule has 0 bridgehead atoms. The van der Waals surface area contributed by atoms with Gasteiger partial charge in [-0.1, -0.05) is 14.3 Å². The number of hydrogen-bond acceptors (Lipinski definition) is 11.